The number of aromatic hydroxyl groups is 1. The van der Waals surface area contributed by atoms with E-state index in [1.54, 1.807) is 0 Å². The van der Waals surface area contributed by atoms with Crippen LogP contribution in [0.5, 0.6) is 11.5 Å². The van der Waals surface area contributed by atoms with Crippen molar-refractivity contribution in [2.75, 3.05) is 0 Å². The molecular weight excluding hydrogens is 401 g/mol. The Morgan fingerprint density at radius 3 is 2.41 bits per heavy atom. The number of pyridine rings is 1. The maximum Gasteiger partial charge on any atom is 0.573 e. The fourth-order valence-corrected chi connectivity index (χ4v) is 2.34. The van der Waals surface area contributed by atoms with Crippen LogP contribution in [0.4, 0.5) is 13.2 Å². The summed E-state index contributed by atoms with van der Waals surface area (Å²) in [6, 6.07) is 0.470. The molecule has 0 aromatic carbocycles. The minimum atomic E-state index is -4.98. The van der Waals surface area contributed by atoms with Crippen LogP contribution < -0.4 is 4.74 Å². The highest BCUT2D eigenvalue weighted by Gasteiger charge is 2.33. The van der Waals surface area contributed by atoms with Gasteiger partial charge in [0.1, 0.15) is 3.70 Å². The predicted octanol–water partition coefficient (Wildman–Crippen LogP) is 2.22. The highest BCUT2D eigenvalue weighted by Crippen LogP contribution is 2.33. The summed E-state index contributed by atoms with van der Waals surface area (Å²) >= 11 is 1.31. The van der Waals surface area contributed by atoms with Gasteiger partial charge in [0.05, 0.1) is 0 Å². The van der Waals surface area contributed by atoms with E-state index < -0.39 is 35.6 Å². The molecule has 1 heterocycles. The number of hydrogen-bond donors (Lipinski definition) is 1. The number of nitrogens with zero attached hydrogens (tertiary/aromatic N) is 1. The van der Waals surface area contributed by atoms with Crippen molar-refractivity contribution in [2.24, 2.45) is 0 Å². The second-order valence-electron chi connectivity index (χ2n) is 2.59. The Labute approximate surface area is 111 Å². The summed E-state index contributed by atoms with van der Waals surface area (Å²) in [5, 5.41) is 8.24. The Bertz CT molecular complexity index is 547. The van der Waals surface area contributed by atoms with E-state index >= 15 is 0 Å². The van der Waals surface area contributed by atoms with E-state index in [9.17, 15) is 26.7 Å². The smallest absolute Gasteiger partial charge is 0.505 e. The predicted molar refractivity (Wildman–Crippen MR) is 58.3 cm³/mol. The first kappa shape index (κ1) is 14.6. The highest BCUT2D eigenvalue weighted by atomic mass is 127. The first-order valence-electron chi connectivity index (χ1n) is 3.60. The minimum absolute atomic E-state index is 0.406. The molecule has 0 fully saturated rings. The number of aromatic nitrogens is 1. The first-order chi connectivity index (χ1) is 7.50. The van der Waals surface area contributed by atoms with Gasteiger partial charge in [-0.3, -0.25) is 0 Å². The van der Waals surface area contributed by atoms with Gasteiger partial charge in [-0.25, -0.2) is 13.4 Å². The summed E-state index contributed by atoms with van der Waals surface area (Å²) in [5.41, 5.74) is 0. The zero-order valence-corrected chi connectivity index (χ0v) is 11.2. The van der Waals surface area contributed by atoms with Crippen LogP contribution in [0.2, 0.25) is 0 Å². The quantitative estimate of drug-likeness (QED) is 0.466. The van der Waals surface area contributed by atoms with E-state index in [4.69, 9.17) is 10.7 Å². The number of halogens is 5. The third-order valence-corrected chi connectivity index (χ3v) is 3.32. The Morgan fingerprint density at radius 1 is 1.47 bits per heavy atom. The van der Waals surface area contributed by atoms with Crippen molar-refractivity contribution in [1.82, 2.24) is 4.98 Å². The molecule has 0 spiro atoms. The van der Waals surface area contributed by atoms with Crippen LogP contribution in [0.3, 0.4) is 0 Å². The monoisotopic (exact) mass is 403 g/mol. The molecule has 1 rings (SSSR count). The van der Waals surface area contributed by atoms with Crippen LogP contribution >= 0.6 is 33.3 Å². The van der Waals surface area contributed by atoms with Crippen LogP contribution in [-0.4, -0.2) is 24.9 Å². The number of hydrogen-bond acceptors (Lipinski definition) is 5. The molecule has 0 radical (unpaired) electrons. The minimum Gasteiger partial charge on any atom is -0.505 e. The number of ether oxygens (including phenoxy) is 1. The van der Waals surface area contributed by atoms with E-state index in [-0.39, 0.29) is 0 Å². The molecule has 0 aliphatic rings. The van der Waals surface area contributed by atoms with Gasteiger partial charge >= 0.3 is 6.36 Å². The molecule has 1 N–H and O–H groups in total. The van der Waals surface area contributed by atoms with E-state index in [1.807, 2.05) is 0 Å². The standard InChI is InChI=1S/C6H2ClF3INO4S/c7-17(14,15)5-2(13)1-3(4(11)12-5)16-6(8,9)10/h1,13H. The molecule has 1 aromatic rings. The molecule has 0 bridgehead atoms. The van der Waals surface area contributed by atoms with E-state index in [0.717, 1.165) is 0 Å². The molecule has 0 aliphatic carbocycles. The lowest BCUT2D eigenvalue weighted by atomic mass is 10.4. The van der Waals surface area contributed by atoms with Crippen molar-refractivity contribution >= 4 is 42.3 Å². The summed E-state index contributed by atoms with van der Waals surface area (Å²) in [6.45, 7) is 0. The van der Waals surface area contributed by atoms with E-state index in [0.29, 0.717) is 6.07 Å². The molecule has 1 aromatic heterocycles. The van der Waals surface area contributed by atoms with Gasteiger partial charge in [-0.15, -0.1) is 13.2 Å². The van der Waals surface area contributed by atoms with Crippen LogP contribution in [-0.2, 0) is 9.05 Å². The molecule has 0 atom stereocenters. The van der Waals surface area contributed by atoms with Gasteiger partial charge in [0.15, 0.2) is 11.5 Å². The molecule has 5 nitrogen and oxygen atoms in total. The largest absolute Gasteiger partial charge is 0.573 e. The van der Waals surface area contributed by atoms with Crippen molar-refractivity contribution in [2.45, 2.75) is 11.4 Å². The highest BCUT2D eigenvalue weighted by molar-refractivity contribution is 14.1. The number of alkyl halides is 3. The Morgan fingerprint density at radius 2 is 2.00 bits per heavy atom. The lowest BCUT2D eigenvalue weighted by molar-refractivity contribution is -0.275. The fourth-order valence-electron chi connectivity index (χ4n) is 0.823. The molecule has 0 unspecified atom stereocenters. The van der Waals surface area contributed by atoms with Crippen LogP contribution in [0.15, 0.2) is 11.1 Å². The van der Waals surface area contributed by atoms with Crippen molar-refractivity contribution in [3.8, 4) is 11.5 Å². The van der Waals surface area contributed by atoms with Crippen LogP contribution in [0.1, 0.15) is 0 Å². The summed E-state index contributed by atoms with van der Waals surface area (Å²) in [5.74, 6) is -1.85. The molecule has 17 heavy (non-hydrogen) atoms. The van der Waals surface area contributed by atoms with Crippen molar-refractivity contribution in [3.63, 3.8) is 0 Å². The SMILES string of the molecule is O=S(=O)(Cl)c1nc(I)c(OC(F)(F)F)cc1O. The van der Waals surface area contributed by atoms with Gasteiger partial charge in [-0.1, -0.05) is 0 Å². The van der Waals surface area contributed by atoms with E-state index in [2.05, 4.69) is 9.72 Å². The van der Waals surface area contributed by atoms with Gasteiger partial charge < -0.3 is 9.84 Å². The molecular formula is C6H2ClF3INO4S. The lowest BCUT2D eigenvalue weighted by Gasteiger charge is -2.11. The fraction of sp³-hybridized carbons (Fsp3) is 0.167. The Balaban J connectivity index is 3.29. The second-order valence-corrected chi connectivity index (χ2v) is 6.09. The van der Waals surface area contributed by atoms with Crippen LogP contribution in [0, 0.1) is 3.70 Å². The molecule has 0 saturated carbocycles. The second kappa shape index (κ2) is 4.65. The van der Waals surface area contributed by atoms with Gasteiger partial charge in [0.25, 0.3) is 9.05 Å². The molecule has 0 saturated heterocycles. The van der Waals surface area contributed by atoms with Gasteiger partial charge in [-0.05, 0) is 22.6 Å². The van der Waals surface area contributed by atoms with E-state index in [1.165, 1.54) is 22.6 Å². The van der Waals surface area contributed by atoms with Crippen molar-refractivity contribution < 1.29 is 31.4 Å². The average Bonchev–Trinajstić information content (AvgIpc) is 2.06. The normalized spacial score (nSPS) is 12.5. The summed E-state index contributed by atoms with van der Waals surface area (Å²) in [6.07, 6.45) is -4.98. The third kappa shape index (κ3) is 4.03. The first-order valence-corrected chi connectivity index (χ1v) is 6.99. The molecule has 11 heteroatoms. The molecule has 0 aliphatic heterocycles. The topological polar surface area (TPSA) is 76.5 Å². The zero-order valence-electron chi connectivity index (χ0n) is 7.49. The average molecular weight is 404 g/mol. The summed E-state index contributed by atoms with van der Waals surface area (Å²) in [4.78, 5) is 3.22. The maximum absolute atomic E-state index is 11.9. The van der Waals surface area contributed by atoms with Gasteiger partial charge in [-0.2, -0.15) is 0 Å². The van der Waals surface area contributed by atoms with Gasteiger partial charge in [0.2, 0.25) is 5.03 Å². The molecule has 0 amide bonds. The van der Waals surface area contributed by atoms with Crippen LogP contribution in [0.25, 0.3) is 0 Å². The number of rotatable bonds is 2. The zero-order chi connectivity index (χ0) is 13.4. The van der Waals surface area contributed by atoms with Crippen molar-refractivity contribution in [1.29, 1.82) is 0 Å². The Kier molecular flexibility index (Phi) is 3.98. The maximum atomic E-state index is 11.9. The van der Waals surface area contributed by atoms with Crippen molar-refractivity contribution in [3.05, 3.63) is 9.77 Å². The lowest BCUT2D eigenvalue weighted by Crippen LogP contribution is -2.18. The Hall–Kier alpha value is -0.490. The molecule has 96 valence electrons. The van der Waals surface area contributed by atoms with Gasteiger partial charge in [0, 0.05) is 16.7 Å². The summed E-state index contributed by atoms with van der Waals surface area (Å²) < 4.78 is 60.6. The third-order valence-electron chi connectivity index (χ3n) is 1.35. The summed E-state index contributed by atoms with van der Waals surface area (Å²) in [7, 11) is 0.558.